The predicted octanol–water partition coefficient (Wildman–Crippen LogP) is 2.11. The van der Waals surface area contributed by atoms with E-state index in [0.717, 1.165) is 48.7 Å². The molecule has 140 valence electrons. The van der Waals surface area contributed by atoms with E-state index in [0.29, 0.717) is 13.0 Å². The molecule has 0 radical (unpaired) electrons. The van der Waals surface area contributed by atoms with Gasteiger partial charge in [0.05, 0.1) is 17.4 Å². The van der Waals surface area contributed by atoms with Gasteiger partial charge in [-0.15, -0.1) is 0 Å². The first-order chi connectivity index (χ1) is 12.4. The van der Waals surface area contributed by atoms with Crippen molar-refractivity contribution < 1.29 is 4.79 Å². The molecule has 0 spiro atoms. The van der Waals surface area contributed by atoms with Crippen LogP contribution in [-0.4, -0.2) is 56.1 Å². The number of amides is 1. The van der Waals surface area contributed by atoms with Crippen molar-refractivity contribution in [3.05, 3.63) is 41.2 Å². The Balaban J connectivity index is 1.75. The molecule has 26 heavy (non-hydrogen) atoms. The van der Waals surface area contributed by atoms with E-state index < -0.39 is 0 Å². The molecular weight excluding hydrogens is 328 g/mol. The van der Waals surface area contributed by atoms with Crippen LogP contribution < -0.4 is 0 Å². The maximum absolute atomic E-state index is 12.9. The zero-order valence-corrected chi connectivity index (χ0v) is 16.1. The number of carbonyl (C=O) groups is 1. The number of hydrogen-bond acceptors (Lipinski definition) is 5. The summed E-state index contributed by atoms with van der Waals surface area (Å²) in [4.78, 5) is 26.0. The van der Waals surface area contributed by atoms with Crippen molar-refractivity contribution in [2.45, 2.75) is 52.2 Å². The first-order valence-electron chi connectivity index (χ1n) is 9.20. The van der Waals surface area contributed by atoms with Gasteiger partial charge in [0.1, 0.15) is 5.82 Å². The molecule has 1 fully saturated rings. The second-order valence-corrected chi connectivity index (χ2v) is 7.28. The molecule has 1 aliphatic rings. The van der Waals surface area contributed by atoms with E-state index >= 15 is 0 Å². The van der Waals surface area contributed by atoms with E-state index in [-0.39, 0.29) is 11.9 Å². The van der Waals surface area contributed by atoms with E-state index in [9.17, 15) is 4.79 Å². The minimum absolute atomic E-state index is 0.0542. The van der Waals surface area contributed by atoms with E-state index in [1.165, 1.54) is 0 Å². The summed E-state index contributed by atoms with van der Waals surface area (Å²) >= 11 is 0. The largest absolute Gasteiger partial charge is 0.334 e. The minimum Gasteiger partial charge on any atom is -0.334 e. The smallest absolute Gasteiger partial charge is 0.224 e. The van der Waals surface area contributed by atoms with Crippen LogP contribution in [0, 0.1) is 13.8 Å². The number of likely N-dealkylation sites (tertiary alicyclic amines) is 1. The van der Waals surface area contributed by atoms with Crippen LogP contribution in [0.4, 0.5) is 0 Å². The zero-order chi connectivity index (χ0) is 18.7. The molecule has 1 atom stereocenters. The van der Waals surface area contributed by atoms with Gasteiger partial charge in [0, 0.05) is 44.0 Å². The van der Waals surface area contributed by atoms with Gasteiger partial charge in [0.2, 0.25) is 5.91 Å². The van der Waals surface area contributed by atoms with E-state index in [4.69, 9.17) is 4.98 Å². The fourth-order valence-electron chi connectivity index (χ4n) is 3.55. The van der Waals surface area contributed by atoms with Crippen LogP contribution in [0.1, 0.15) is 48.1 Å². The van der Waals surface area contributed by atoms with Crippen molar-refractivity contribution in [2.24, 2.45) is 0 Å². The van der Waals surface area contributed by atoms with Crippen molar-refractivity contribution >= 4 is 5.91 Å². The Kier molecular flexibility index (Phi) is 5.66. The van der Waals surface area contributed by atoms with Gasteiger partial charge in [-0.2, -0.15) is 5.10 Å². The van der Waals surface area contributed by atoms with Crippen LogP contribution in [-0.2, 0) is 17.9 Å². The van der Waals surface area contributed by atoms with Crippen LogP contribution in [0.25, 0.3) is 0 Å². The molecular formula is C19H28N6O. The van der Waals surface area contributed by atoms with Crippen molar-refractivity contribution in [1.29, 1.82) is 0 Å². The van der Waals surface area contributed by atoms with E-state index in [2.05, 4.69) is 15.0 Å². The minimum atomic E-state index is 0.0542. The molecule has 2 aromatic heterocycles. The first kappa shape index (κ1) is 18.5. The zero-order valence-electron chi connectivity index (χ0n) is 16.1. The summed E-state index contributed by atoms with van der Waals surface area (Å²) in [5.74, 6) is 0.932. The maximum Gasteiger partial charge on any atom is 0.224 e. The molecule has 1 saturated heterocycles. The lowest BCUT2D eigenvalue weighted by atomic mass is 10.1. The van der Waals surface area contributed by atoms with Gasteiger partial charge in [-0.25, -0.2) is 9.97 Å². The molecule has 0 bridgehead atoms. The lowest BCUT2D eigenvalue weighted by Gasteiger charge is -2.27. The second kappa shape index (κ2) is 7.95. The Morgan fingerprint density at radius 2 is 2.15 bits per heavy atom. The van der Waals surface area contributed by atoms with Crippen LogP contribution in [0.2, 0.25) is 0 Å². The third-order valence-electron chi connectivity index (χ3n) is 4.72. The quantitative estimate of drug-likeness (QED) is 0.793. The summed E-state index contributed by atoms with van der Waals surface area (Å²) in [6, 6.07) is 2.01. The normalized spacial score (nSPS) is 17.3. The fraction of sp³-hybridized carbons (Fsp3) is 0.579. The van der Waals surface area contributed by atoms with Gasteiger partial charge >= 0.3 is 0 Å². The second-order valence-electron chi connectivity index (χ2n) is 7.28. The number of aromatic nitrogens is 4. The number of hydrogen-bond donors (Lipinski definition) is 0. The van der Waals surface area contributed by atoms with Crippen LogP contribution >= 0.6 is 0 Å². The Hall–Kier alpha value is -2.28. The average molecular weight is 356 g/mol. The summed E-state index contributed by atoms with van der Waals surface area (Å²) in [6.45, 7) is 6.05. The van der Waals surface area contributed by atoms with Crippen molar-refractivity contribution in [3.63, 3.8) is 0 Å². The number of rotatable bonds is 6. The standard InChI is InChI=1S/C19H28N6O/c1-14-7-10-24(22-14)11-8-18(26)25-9-5-6-17(25)19-16(13-23(3)4)12-20-15(2)21-19/h7,10,12,17H,5-6,8-9,11,13H2,1-4H3. The molecule has 2 aromatic rings. The third kappa shape index (κ3) is 4.27. The van der Waals surface area contributed by atoms with Gasteiger partial charge < -0.3 is 9.80 Å². The van der Waals surface area contributed by atoms with Gasteiger partial charge in [-0.05, 0) is 46.9 Å². The van der Waals surface area contributed by atoms with Crippen molar-refractivity contribution in [2.75, 3.05) is 20.6 Å². The highest BCUT2D eigenvalue weighted by atomic mass is 16.2. The van der Waals surface area contributed by atoms with Crippen LogP contribution in [0.15, 0.2) is 18.5 Å². The van der Waals surface area contributed by atoms with Crippen LogP contribution in [0.3, 0.4) is 0 Å². The molecule has 3 rings (SSSR count). The molecule has 0 aromatic carbocycles. The Bertz CT molecular complexity index is 769. The number of nitrogens with zero attached hydrogens (tertiary/aromatic N) is 6. The Labute approximate surface area is 155 Å². The van der Waals surface area contributed by atoms with Gasteiger partial charge in [-0.1, -0.05) is 0 Å². The van der Waals surface area contributed by atoms with Crippen molar-refractivity contribution in [3.8, 4) is 0 Å². The third-order valence-corrected chi connectivity index (χ3v) is 4.72. The molecule has 7 heteroatoms. The maximum atomic E-state index is 12.9. The topological polar surface area (TPSA) is 67.2 Å². The Morgan fingerprint density at radius 1 is 1.35 bits per heavy atom. The highest BCUT2D eigenvalue weighted by molar-refractivity contribution is 5.77. The number of carbonyl (C=O) groups excluding carboxylic acids is 1. The summed E-state index contributed by atoms with van der Waals surface area (Å²) in [6.07, 6.45) is 6.27. The summed E-state index contributed by atoms with van der Waals surface area (Å²) < 4.78 is 1.84. The lowest BCUT2D eigenvalue weighted by molar-refractivity contribution is -0.132. The Morgan fingerprint density at radius 3 is 2.85 bits per heavy atom. The SMILES string of the molecule is Cc1ccn(CCC(=O)N2CCCC2c2nc(C)ncc2CN(C)C)n1. The highest BCUT2D eigenvalue weighted by Crippen LogP contribution is 2.33. The average Bonchev–Trinajstić information content (AvgIpc) is 3.23. The van der Waals surface area contributed by atoms with E-state index in [1.54, 1.807) is 0 Å². The molecule has 3 heterocycles. The molecule has 0 saturated carbocycles. The summed E-state index contributed by atoms with van der Waals surface area (Å²) in [7, 11) is 4.07. The lowest BCUT2D eigenvalue weighted by Crippen LogP contribution is -2.32. The summed E-state index contributed by atoms with van der Waals surface area (Å²) in [5, 5.41) is 4.36. The molecule has 1 unspecified atom stereocenters. The molecule has 1 aliphatic heterocycles. The molecule has 7 nitrogen and oxygen atoms in total. The number of aryl methyl sites for hydroxylation is 3. The molecule has 0 aliphatic carbocycles. The molecule has 1 amide bonds. The van der Waals surface area contributed by atoms with Crippen molar-refractivity contribution in [1.82, 2.24) is 29.5 Å². The van der Waals surface area contributed by atoms with E-state index in [1.807, 2.05) is 56.0 Å². The van der Waals surface area contributed by atoms with Crippen LogP contribution in [0.5, 0.6) is 0 Å². The predicted molar refractivity (Wildman–Crippen MR) is 99.4 cm³/mol. The first-order valence-corrected chi connectivity index (χ1v) is 9.20. The van der Waals surface area contributed by atoms with Gasteiger partial charge in [0.15, 0.2) is 0 Å². The fourth-order valence-corrected chi connectivity index (χ4v) is 3.55. The highest BCUT2D eigenvalue weighted by Gasteiger charge is 2.32. The summed E-state index contributed by atoms with van der Waals surface area (Å²) in [5.41, 5.74) is 3.08. The van der Waals surface area contributed by atoms with Gasteiger partial charge in [-0.3, -0.25) is 9.48 Å². The monoisotopic (exact) mass is 356 g/mol. The molecule has 0 N–H and O–H groups in total. The van der Waals surface area contributed by atoms with Gasteiger partial charge in [0.25, 0.3) is 0 Å².